The summed E-state index contributed by atoms with van der Waals surface area (Å²) < 4.78 is 40.6. The second kappa shape index (κ2) is 15.2. The number of amides is 1. The van der Waals surface area contributed by atoms with E-state index in [1.165, 1.54) is 37.6 Å². The van der Waals surface area contributed by atoms with Crippen LogP contribution in [-0.2, 0) is 9.47 Å². The predicted molar refractivity (Wildman–Crippen MR) is 197 cm³/mol. The number of carbonyl (C=O) groups excluding carboxylic acids is 3. The number of pyridine rings is 1. The van der Waals surface area contributed by atoms with Crippen LogP contribution in [0, 0.1) is 42.3 Å². The van der Waals surface area contributed by atoms with Crippen LogP contribution in [0.15, 0.2) is 41.3 Å². The number of terminal acetylenes is 2. The largest absolute Gasteiger partial charge is 0.492 e. The van der Waals surface area contributed by atoms with Crippen molar-refractivity contribution in [3.63, 3.8) is 0 Å². The number of likely N-dealkylation sites (tertiary alicyclic amines) is 1. The second-order valence-electron chi connectivity index (χ2n) is 14.9. The molecule has 2 aromatic carbocycles. The number of hydrogen-bond acceptors (Lipinski definition) is 9. The monoisotopic (exact) mass is 725 g/mol. The van der Waals surface area contributed by atoms with E-state index < -0.39 is 28.8 Å². The SMILES string of the molecule is C#CCC(CC#C)COC(=O)c1ccc(OC(=O)c2cn(C3CC3)c3c(OC)c(N4CC5CCCN(C(=O)OC(C)(C)C)C5C4)c(F)cc3c2=O)cc1. The highest BCUT2D eigenvalue weighted by molar-refractivity contribution is 5.98. The van der Waals surface area contributed by atoms with Crippen molar-refractivity contribution in [3.8, 4) is 36.2 Å². The zero-order valence-corrected chi connectivity index (χ0v) is 30.5. The molecule has 278 valence electrons. The lowest BCUT2D eigenvalue weighted by Gasteiger charge is -2.37. The van der Waals surface area contributed by atoms with E-state index in [0.717, 1.165) is 31.7 Å². The average Bonchev–Trinajstić information content (AvgIpc) is 3.87. The summed E-state index contributed by atoms with van der Waals surface area (Å²) in [5.41, 5.74) is -0.795. The Hall–Kier alpha value is -5.49. The normalized spacial score (nSPS) is 18.3. The molecule has 2 aliphatic heterocycles. The van der Waals surface area contributed by atoms with Gasteiger partial charge in [-0.25, -0.2) is 18.8 Å². The summed E-state index contributed by atoms with van der Waals surface area (Å²) in [7, 11) is 1.43. The van der Waals surface area contributed by atoms with E-state index in [1.807, 2.05) is 25.7 Å². The van der Waals surface area contributed by atoms with Gasteiger partial charge in [0.05, 0.1) is 36.2 Å². The highest BCUT2D eigenvalue weighted by atomic mass is 19.1. The molecule has 3 fully saturated rings. The topological polar surface area (TPSA) is 117 Å². The van der Waals surface area contributed by atoms with Gasteiger partial charge in [0.2, 0.25) is 5.43 Å². The number of nitrogens with zero attached hydrogens (tertiary/aromatic N) is 3. The molecule has 12 heteroatoms. The van der Waals surface area contributed by atoms with Crippen LogP contribution in [0.3, 0.4) is 0 Å². The maximum atomic E-state index is 16.3. The van der Waals surface area contributed by atoms with Crippen LogP contribution in [0.2, 0.25) is 0 Å². The van der Waals surface area contributed by atoms with Crippen molar-refractivity contribution in [2.24, 2.45) is 11.8 Å². The number of fused-ring (bicyclic) bond motifs is 2. The first-order chi connectivity index (χ1) is 25.3. The number of benzene rings is 2. The number of carbonyl (C=O) groups is 3. The van der Waals surface area contributed by atoms with Crippen LogP contribution < -0.4 is 19.8 Å². The predicted octanol–water partition coefficient (Wildman–Crippen LogP) is 6.36. The van der Waals surface area contributed by atoms with E-state index in [2.05, 4.69) is 11.8 Å². The molecule has 1 aliphatic carbocycles. The standard InChI is InChI=1S/C41H44FN3O8/c1-7-10-25(11-8-2)24-51-38(47)26-13-17-29(18-14-26)52-39(48)31-22-45(28-15-16-28)34-30(36(31)46)20-32(42)35(37(34)50-6)43-21-27-12-9-19-44(33(27)23-43)40(49)53-41(3,4)5/h1-2,13-14,17-18,20,22,25,27-28,33H,9-12,15-16,19,21,23-24H2,3-6H3. The van der Waals surface area contributed by atoms with Crippen molar-refractivity contribution in [1.82, 2.24) is 9.47 Å². The zero-order valence-electron chi connectivity index (χ0n) is 30.5. The minimum Gasteiger partial charge on any atom is -0.492 e. The van der Waals surface area contributed by atoms with E-state index in [-0.39, 0.29) is 70.3 Å². The molecule has 2 atom stereocenters. The lowest BCUT2D eigenvalue weighted by atomic mass is 9.92. The van der Waals surface area contributed by atoms with Gasteiger partial charge in [-0.3, -0.25) is 4.79 Å². The van der Waals surface area contributed by atoms with E-state index in [1.54, 1.807) is 9.47 Å². The summed E-state index contributed by atoms with van der Waals surface area (Å²) in [5, 5.41) is -0.0116. The highest BCUT2D eigenvalue weighted by Crippen LogP contribution is 2.46. The Morgan fingerprint density at radius 2 is 1.72 bits per heavy atom. The summed E-state index contributed by atoms with van der Waals surface area (Å²) in [4.78, 5) is 56.8. The molecule has 53 heavy (non-hydrogen) atoms. The van der Waals surface area contributed by atoms with Gasteiger partial charge in [0.25, 0.3) is 0 Å². The fraction of sp³-hybridized carbons (Fsp3) is 0.463. The summed E-state index contributed by atoms with van der Waals surface area (Å²) >= 11 is 0. The first kappa shape index (κ1) is 37.3. The minimum atomic E-state index is -0.928. The highest BCUT2D eigenvalue weighted by Gasteiger charge is 2.44. The van der Waals surface area contributed by atoms with Crippen LogP contribution in [-0.4, -0.2) is 72.5 Å². The third kappa shape index (κ3) is 7.97. The molecule has 1 amide bonds. The van der Waals surface area contributed by atoms with Gasteiger partial charge in [-0.1, -0.05) is 0 Å². The average molecular weight is 726 g/mol. The van der Waals surface area contributed by atoms with Gasteiger partial charge in [-0.2, -0.15) is 0 Å². The Morgan fingerprint density at radius 3 is 2.34 bits per heavy atom. The Labute approximate surface area is 308 Å². The molecule has 3 aromatic rings. The van der Waals surface area contributed by atoms with E-state index >= 15 is 4.39 Å². The van der Waals surface area contributed by atoms with Gasteiger partial charge in [-0.15, -0.1) is 24.7 Å². The first-order valence-corrected chi connectivity index (χ1v) is 17.9. The van der Waals surface area contributed by atoms with Crippen molar-refractivity contribution in [2.45, 2.75) is 77.0 Å². The van der Waals surface area contributed by atoms with E-state index in [9.17, 15) is 19.2 Å². The van der Waals surface area contributed by atoms with Crippen molar-refractivity contribution >= 4 is 34.6 Å². The van der Waals surface area contributed by atoms with Crippen molar-refractivity contribution in [1.29, 1.82) is 0 Å². The number of esters is 2. The first-order valence-electron chi connectivity index (χ1n) is 17.9. The number of ether oxygens (including phenoxy) is 4. The van der Waals surface area contributed by atoms with Gasteiger partial charge in [0.15, 0.2) is 11.6 Å². The number of methoxy groups -OCH3 is 1. The van der Waals surface area contributed by atoms with Crippen molar-refractivity contribution in [2.75, 3.05) is 38.3 Å². The Balaban J connectivity index is 1.25. The number of anilines is 1. The quantitative estimate of drug-likeness (QED) is 0.134. The zero-order chi connectivity index (χ0) is 38.0. The maximum absolute atomic E-state index is 16.3. The van der Waals surface area contributed by atoms with Gasteiger partial charge in [0, 0.05) is 50.6 Å². The third-order valence-electron chi connectivity index (χ3n) is 9.85. The molecule has 1 aromatic heterocycles. The Kier molecular flexibility index (Phi) is 10.7. The smallest absolute Gasteiger partial charge is 0.410 e. The van der Waals surface area contributed by atoms with Crippen LogP contribution in [0.5, 0.6) is 11.5 Å². The molecule has 2 saturated heterocycles. The Morgan fingerprint density at radius 1 is 1.02 bits per heavy atom. The van der Waals surface area contributed by atoms with Crippen molar-refractivity contribution < 1.29 is 37.7 Å². The molecule has 0 radical (unpaired) electrons. The minimum absolute atomic E-state index is 0.0116. The Bertz CT molecular complexity index is 2040. The molecule has 3 aliphatic rings. The second-order valence-corrected chi connectivity index (χ2v) is 14.9. The molecular weight excluding hydrogens is 681 g/mol. The molecular formula is C41H44FN3O8. The third-order valence-corrected chi connectivity index (χ3v) is 9.85. The molecule has 2 unspecified atom stereocenters. The molecule has 0 bridgehead atoms. The van der Waals surface area contributed by atoms with Crippen LogP contribution in [0.25, 0.3) is 10.9 Å². The van der Waals surface area contributed by atoms with Crippen LogP contribution in [0.4, 0.5) is 14.9 Å². The number of piperidine rings is 1. The summed E-state index contributed by atoms with van der Waals surface area (Å²) in [5.74, 6) is 3.09. The van der Waals surface area contributed by atoms with E-state index in [4.69, 9.17) is 31.8 Å². The number of halogens is 1. The molecule has 0 spiro atoms. The molecule has 1 saturated carbocycles. The summed E-state index contributed by atoms with van der Waals surface area (Å²) in [6.07, 6.45) is 15.8. The van der Waals surface area contributed by atoms with Gasteiger partial charge < -0.3 is 33.3 Å². The van der Waals surface area contributed by atoms with Crippen LogP contribution in [0.1, 0.15) is 86.1 Å². The fourth-order valence-corrected chi connectivity index (χ4v) is 7.25. The lowest BCUT2D eigenvalue weighted by molar-refractivity contribution is 0.00666. The number of rotatable bonds is 10. The number of aromatic nitrogens is 1. The van der Waals surface area contributed by atoms with Crippen LogP contribution >= 0.6 is 0 Å². The number of hydrogen-bond donors (Lipinski definition) is 0. The lowest BCUT2D eigenvalue weighted by Crippen LogP contribution is -2.50. The molecule has 3 heterocycles. The molecule has 11 nitrogen and oxygen atoms in total. The van der Waals surface area contributed by atoms with Gasteiger partial charge >= 0.3 is 18.0 Å². The molecule has 6 rings (SSSR count). The van der Waals surface area contributed by atoms with Gasteiger partial charge in [-0.05, 0) is 82.7 Å². The summed E-state index contributed by atoms with van der Waals surface area (Å²) in [6.45, 7) is 6.97. The summed E-state index contributed by atoms with van der Waals surface area (Å²) in [6, 6.07) is 6.67. The molecule has 0 N–H and O–H groups in total. The maximum Gasteiger partial charge on any atom is 0.410 e. The van der Waals surface area contributed by atoms with Crippen molar-refractivity contribution in [3.05, 3.63) is 63.7 Å². The fourth-order valence-electron chi connectivity index (χ4n) is 7.25. The van der Waals surface area contributed by atoms with E-state index in [0.29, 0.717) is 38.0 Å². The van der Waals surface area contributed by atoms with Gasteiger partial charge in [0.1, 0.15) is 22.6 Å².